The van der Waals surface area contributed by atoms with Gasteiger partial charge in [0.2, 0.25) is 0 Å². The summed E-state index contributed by atoms with van der Waals surface area (Å²) in [5, 5.41) is 8.72. The maximum atomic E-state index is 10.6. The predicted octanol–water partition coefficient (Wildman–Crippen LogP) is 2.58. The summed E-state index contributed by atoms with van der Waals surface area (Å²) in [6.45, 7) is 0. The molecule has 72 valence electrons. The second kappa shape index (κ2) is 5.09. The van der Waals surface area contributed by atoms with Crippen LogP contribution in [-0.4, -0.2) is 18.2 Å². The Bertz CT molecular complexity index is 314. The Kier molecular flexibility index (Phi) is 4.80. The average molecular weight is 268 g/mol. The fourth-order valence-electron chi connectivity index (χ4n) is 0.847. The second-order valence-corrected chi connectivity index (χ2v) is 3.07. The van der Waals surface area contributed by atoms with E-state index in [1.165, 1.54) is 13.2 Å². The summed E-state index contributed by atoms with van der Waals surface area (Å²) in [5.74, 6) is -0.626. The lowest BCUT2D eigenvalue weighted by atomic mass is 10.2. The Morgan fingerprint density at radius 2 is 2.15 bits per heavy atom. The largest absolute Gasteiger partial charge is 0.496 e. The molecule has 1 N–H and O–H groups in total. The molecule has 1 aromatic rings. The van der Waals surface area contributed by atoms with E-state index in [0.717, 1.165) is 4.47 Å². The van der Waals surface area contributed by atoms with Gasteiger partial charge in [-0.15, -0.1) is 12.4 Å². The van der Waals surface area contributed by atoms with Crippen LogP contribution in [0.25, 0.3) is 0 Å². The molecule has 0 radical (unpaired) electrons. The van der Waals surface area contributed by atoms with Crippen LogP contribution < -0.4 is 4.74 Å². The van der Waals surface area contributed by atoms with Gasteiger partial charge in [0, 0.05) is 4.47 Å². The maximum Gasteiger partial charge on any atom is 0.339 e. The first-order valence-corrected chi connectivity index (χ1v) is 4.01. The van der Waals surface area contributed by atoms with Crippen LogP contribution in [0.5, 0.6) is 5.75 Å². The topological polar surface area (TPSA) is 46.5 Å². The van der Waals surface area contributed by atoms with Gasteiger partial charge in [-0.2, -0.15) is 0 Å². The first-order valence-electron chi connectivity index (χ1n) is 3.22. The number of methoxy groups -OCH3 is 1. The Balaban J connectivity index is 0.00000144. The third-order valence-corrected chi connectivity index (χ3v) is 1.89. The average Bonchev–Trinajstić information content (AvgIpc) is 2.04. The van der Waals surface area contributed by atoms with Crippen molar-refractivity contribution in [1.29, 1.82) is 0 Å². The minimum Gasteiger partial charge on any atom is -0.496 e. The summed E-state index contributed by atoms with van der Waals surface area (Å²) >= 11 is 3.17. The molecule has 3 nitrogen and oxygen atoms in total. The molecule has 0 aliphatic heterocycles. The van der Waals surface area contributed by atoms with Crippen LogP contribution >= 0.6 is 28.3 Å². The molecule has 0 unspecified atom stereocenters. The summed E-state index contributed by atoms with van der Waals surface area (Å²) in [6.07, 6.45) is 0. The normalized spacial score (nSPS) is 8.77. The predicted molar refractivity (Wildman–Crippen MR) is 54.9 cm³/mol. The smallest absolute Gasteiger partial charge is 0.339 e. The lowest BCUT2D eigenvalue weighted by Gasteiger charge is -2.03. The van der Waals surface area contributed by atoms with E-state index in [9.17, 15) is 4.79 Å². The highest BCUT2D eigenvalue weighted by atomic mass is 79.9. The molecule has 0 amide bonds. The minimum atomic E-state index is -0.992. The van der Waals surface area contributed by atoms with Crippen molar-refractivity contribution in [2.45, 2.75) is 0 Å². The van der Waals surface area contributed by atoms with E-state index in [-0.39, 0.29) is 18.0 Å². The molecule has 0 spiro atoms. The third-order valence-electron chi connectivity index (χ3n) is 1.39. The molecule has 0 aliphatic carbocycles. The summed E-state index contributed by atoms with van der Waals surface area (Å²) in [7, 11) is 1.44. The van der Waals surface area contributed by atoms with Gasteiger partial charge in [-0.05, 0) is 18.2 Å². The number of hydrogen-bond donors (Lipinski definition) is 1. The van der Waals surface area contributed by atoms with Gasteiger partial charge in [0.1, 0.15) is 11.3 Å². The van der Waals surface area contributed by atoms with Crippen molar-refractivity contribution in [2.75, 3.05) is 7.11 Å². The van der Waals surface area contributed by atoms with E-state index in [1.807, 2.05) is 0 Å². The molecule has 0 saturated carbocycles. The standard InChI is InChI=1S/C8H7BrO3.ClH/c1-12-7-3-2-5(9)4-6(7)8(10)11;/h2-4H,1H3,(H,10,11);1H. The lowest BCUT2D eigenvalue weighted by Crippen LogP contribution is -1.99. The van der Waals surface area contributed by atoms with Crippen LogP contribution in [0.2, 0.25) is 0 Å². The number of ether oxygens (including phenoxy) is 1. The van der Waals surface area contributed by atoms with E-state index in [0.29, 0.717) is 5.75 Å². The van der Waals surface area contributed by atoms with E-state index < -0.39 is 5.97 Å². The number of carbonyl (C=O) groups is 1. The van der Waals surface area contributed by atoms with Crippen LogP contribution in [0.3, 0.4) is 0 Å². The molecule has 0 aliphatic rings. The molecule has 0 fully saturated rings. The molecule has 0 aromatic heterocycles. The number of aromatic carboxylic acids is 1. The Hall–Kier alpha value is -0.740. The van der Waals surface area contributed by atoms with Gasteiger partial charge in [-0.3, -0.25) is 0 Å². The van der Waals surface area contributed by atoms with Crippen molar-refractivity contribution in [3.8, 4) is 5.75 Å². The molecule has 0 heterocycles. The number of benzene rings is 1. The van der Waals surface area contributed by atoms with Gasteiger partial charge >= 0.3 is 5.97 Å². The lowest BCUT2D eigenvalue weighted by molar-refractivity contribution is 0.0693. The second-order valence-electron chi connectivity index (χ2n) is 2.15. The molecule has 0 atom stereocenters. The van der Waals surface area contributed by atoms with E-state index in [1.54, 1.807) is 12.1 Å². The monoisotopic (exact) mass is 266 g/mol. The van der Waals surface area contributed by atoms with Crippen LogP contribution in [0.15, 0.2) is 22.7 Å². The van der Waals surface area contributed by atoms with Gasteiger partial charge in [-0.1, -0.05) is 15.9 Å². The summed E-state index contributed by atoms with van der Waals surface area (Å²) in [6, 6.07) is 4.83. The van der Waals surface area contributed by atoms with Crippen molar-refractivity contribution in [1.82, 2.24) is 0 Å². The highest BCUT2D eigenvalue weighted by Gasteiger charge is 2.09. The van der Waals surface area contributed by atoms with Crippen molar-refractivity contribution in [3.63, 3.8) is 0 Å². The first kappa shape index (κ1) is 12.3. The Labute approximate surface area is 90.3 Å². The number of carboxylic acid groups (broad SMARTS) is 1. The van der Waals surface area contributed by atoms with Crippen LogP contribution in [0, 0.1) is 0 Å². The van der Waals surface area contributed by atoms with Crippen molar-refractivity contribution in [2.24, 2.45) is 0 Å². The van der Waals surface area contributed by atoms with E-state index in [4.69, 9.17) is 9.84 Å². The minimum absolute atomic E-state index is 0. The number of halogens is 2. The third kappa shape index (κ3) is 2.90. The van der Waals surface area contributed by atoms with Gasteiger partial charge in [0.05, 0.1) is 7.11 Å². The van der Waals surface area contributed by atoms with E-state index in [2.05, 4.69) is 15.9 Å². The zero-order chi connectivity index (χ0) is 9.14. The summed E-state index contributed by atoms with van der Waals surface area (Å²) in [4.78, 5) is 10.6. The summed E-state index contributed by atoms with van der Waals surface area (Å²) < 4.78 is 5.58. The van der Waals surface area contributed by atoms with E-state index >= 15 is 0 Å². The van der Waals surface area contributed by atoms with Crippen molar-refractivity contribution < 1.29 is 14.6 Å². The van der Waals surface area contributed by atoms with Gasteiger partial charge in [-0.25, -0.2) is 4.79 Å². The molecule has 1 aromatic carbocycles. The molecular weight excluding hydrogens is 259 g/mol. The number of rotatable bonds is 2. The number of hydrogen-bond acceptors (Lipinski definition) is 2. The molecule has 5 heteroatoms. The van der Waals surface area contributed by atoms with Crippen molar-refractivity contribution in [3.05, 3.63) is 28.2 Å². The zero-order valence-electron chi connectivity index (χ0n) is 6.78. The molecule has 0 saturated heterocycles. The molecular formula is C8H8BrClO3. The van der Waals surface area contributed by atoms with Gasteiger partial charge in [0.25, 0.3) is 0 Å². The van der Waals surface area contributed by atoms with Gasteiger partial charge < -0.3 is 9.84 Å². The van der Waals surface area contributed by atoms with Crippen LogP contribution in [-0.2, 0) is 0 Å². The maximum absolute atomic E-state index is 10.6. The van der Waals surface area contributed by atoms with Gasteiger partial charge in [0.15, 0.2) is 0 Å². The highest BCUT2D eigenvalue weighted by Crippen LogP contribution is 2.22. The molecule has 13 heavy (non-hydrogen) atoms. The Morgan fingerprint density at radius 3 is 2.62 bits per heavy atom. The van der Waals surface area contributed by atoms with Crippen LogP contribution in [0.1, 0.15) is 10.4 Å². The van der Waals surface area contributed by atoms with Crippen molar-refractivity contribution >= 4 is 34.3 Å². The first-order chi connectivity index (χ1) is 5.65. The number of carboxylic acids is 1. The van der Waals surface area contributed by atoms with Crippen LogP contribution in [0.4, 0.5) is 0 Å². The molecule has 0 bridgehead atoms. The Morgan fingerprint density at radius 1 is 1.54 bits per heavy atom. The summed E-state index contributed by atoms with van der Waals surface area (Å²) in [5.41, 5.74) is 0.159. The zero-order valence-corrected chi connectivity index (χ0v) is 9.18. The fraction of sp³-hybridized carbons (Fsp3) is 0.125. The molecule has 1 rings (SSSR count). The fourth-order valence-corrected chi connectivity index (χ4v) is 1.21. The highest BCUT2D eigenvalue weighted by molar-refractivity contribution is 9.10. The quantitative estimate of drug-likeness (QED) is 0.896. The SMILES string of the molecule is COc1ccc(Br)cc1C(=O)O.Cl.